The molecule has 0 heterocycles. The number of ether oxygens (including phenoxy) is 3. The Labute approximate surface area is 157 Å². The van der Waals surface area contributed by atoms with Crippen LogP contribution in [0.5, 0.6) is 17.2 Å². The van der Waals surface area contributed by atoms with Crippen molar-refractivity contribution in [3.05, 3.63) is 42.5 Å². The van der Waals surface area contributed by atoms with Crippen LogP contribution < -0.4 is 18.5 Å². The Morgan fingerprint density at radius 3 is 2.19 bits per heavy atom. The van der Waals surface area contributed by atoms with E-state index in [0.717, 1.165) is 4.31 Å². The molecule has 0 aliphatic rings. The summed E-state index contributed by atoms with van der Waals surface area (Å²) in [5, 5.41) is 9.26. The summed E-state index contributed by atoms with van der Waals surface area (Å²) in [5.41, 5.74) is 0.0631. The summed E-state index contributed by atoms with van der Waals surface area (Å²) in [6, 6.07) is 10.3. The van der Waals surface area contributed by atoms with Crippen molar-refractivity contribution in [3.63, 3.8) is 0 Å². The molecule has 0 radical (unpaired) electrons. The number of hydrogen-bond acceptors (Lipinski definition) is 6. The zero-order valence-corrected chi connectivity index (χ0v) is 16.0. The van der Waals surface area contributed by atoms with E-state index in [1.54, 1.807) is 6.07 Å². The fraction of sp³-hybridized carbons (Fsp3) is 0.278. The van der Waals surface area contributed by atoms with Gasteiger partial charge in [0.25, 0.3) is 10.0 Å². The summed E-state index contributed by atoms with van der Waals surface area (Å²) in [4.78, 5) is 11.3. The summed E-state index contributed by atoms with van der Waals surface area (Å²) < 4.78 is 42.7. The molecular weight excluding hydrogens is 374 g/mol. The Morgan fingerprint density at radius 2 is 1.67 bits per heavy atom. The Balaban J connectivity index is 2.57. The molecule has 0 saturated carbocycles. The first-order valence-electron chi connectivity index (χ1n) is 8.03. The number of nitrogens with zero attached hydrogens (tertiary/aromatic N) is 1. The lowest BCUT2D eigenvalue weighted by atomic mass is 10.2. The molecule has 0 atom stereocenters. The van der Waals surface area contributed by atoms with Crippen molar-refractivity contribution in [2.24, 2.45) is 0 Å². The van der Waals surface area contributed by atoms with Crippen LogP contribution in [0, 0.1) is 0 Å². The molecule has 2 aromatic carbocycles. The molecule has 2 aromatic rings. The molecular formula is C18H21NO7S. The largest absolute Gasteiger partial charge is 0.497 e. The van der Waals surface area contributed by atoms with Gasteiger partial charge in [-0.15, -0.1) is 0 Å². The molecule has 0 aliphatic carbocycles. The Hall–Kier alpha value is -2.94. The van der Waals surface area contributed by atoms with E-state index in [4.69, 9.17) is 14.2 Å². The SMILES string of the molecule is CCOc1ccc(S(=O)(=O)N(CC(=O)O)c2cc(OC)ccc2OC)cc1. The van der Waals surface area contributed by atoms with E-state index in [1.807, 2.05) is 6.92 Å². The molecule has 0 unspecified atom stereocenters. The van der Waals surface area contributed by atoms with Crippen LogP contribution >= 0.6 is 0 Å². The third-order valence-electron chi connectivity index (χ3n) is 3.66. The maximum atomic E-state index is 13.1. The lowest BCUT2D eigenvalue weighted by Gasteiger charge is -2.25. The highest BCUT2D eigenvalue weighted by Crippen LogP contribution is 2.35. The van der Waals surface area contributed by atoms with Gasteiger partial charge in [0, 0.05) is 6.07 Å². The van der Waals surface area contributed by atoms with Crippen molar-refractivity contribution in [1.29, 1.82) is 0 Å². The summed E-state index contributed by atoms with van der Waals surface area (Å²) >= 11 is 0. The molecule has 0 saturated heterocycles. The molecule has 9 heteroatoms. The van der Waals surface area contributed by atoms with Crippen LogP contribution in [0.4, 0.5) is 5.69 Å². The number of hydrogen-bond donors (Lipinski definition) is 1. The Kier molecular flexibility index (Phi) is 6.51. The smallest absolute Gasteiger partial charge is 0.324 e. The average molecular weight is 395 g/mol. The second-order valence-electron chi connectivity index (χ2n) is 5.35. The van der Waals surface area contributed by atoms with Crippen molar-refractivity contribution in [2.45, 2.75) is 11.8 Å². The van der Waals surface area contributed by atoms with Crippen molar-refractivity contribution in [3.8, 4) is 17.2 Å². The summed E-state index contributed by atoms with van der Waals surface area (Å²) in [6.07, 6.45) is 0. The van der Waals surface area contributed by atoms with Crippen LogP contribution in [0.1, 0.15) is 6.92 Å². The van der Waals surface area contributed by atoms with Crippen molar-refractivity contribution in [2.75, 3.05) is 31.7 Å². The topological polar surface area (TPSA) is 102 Å². The van der Waals surface area contributed by atoms with Gasteiger partial charge in [-0.1, -0.05) is 0 Å². The highest BCUT2D eigenvalue weighted by Gasteiger charge is 2.30. The number of sulfonamides is 1. The zero-order valence-electron chi connectivity index (χ0n) is 15.2. The molecule has 1 N–H and O–H groups in total. The lowest BCUT2D eigenvalue weighted by molar-refractivity contribution is -0.135. The summed E-state index contributed by atoms with van der Waals surface area (Å²) in [6.45, 7) is 1.48. The molecule has 0 fully saturated rings. The molecule has 0 bridgehead atoms. The fourth-order valence-electron chi connectivity index (χ4n) is 2.42. The predicted octanol–water partition coefficient (Wildman–Crippen LogP) is 2.38. The molecule has 0 aromatic heterocycles. The molecule has 27 heavy (non-hydrogen) atoms. The molecule has 0 amide bonds. The van der Waals surface area contributed by atoms with Gasteiger partial charge in [0.1, 0.15) is 23.8 Å². The first kappa shape index (κ1) is 20.4. The van der Waals surface area contributed by atoms with Crippen LogP contribution in [-0.2, 0) is 14.8 Å². The standard InChI is InChI=1S/C18H21NO7S/c1-4-26-13-5-8-15(9-6-13)27(22,23)19(12-18(20)21)16-11-14(24-2)7-10-17(16)25-3/h5-11H,4,12H2,1-3H3,(H,20,21). The van der Waals surface area contributed by atoms with E-state index < -0.39 is 22.5 Å². The third kappa shape index (κ3) is 4.62. The van der Waals surface area contributed by atoms with Gasteiger partial charge in [0.15, 0.2) is 0 Å². The number of anilines is 1. The van der Waals surface area contributed by atoms with Crippen LogP contribution in [0.25, 0.3) is 0 Å². The number of rotatable bonds is 9. The highest BCUT2D eigenvalue weighted by molar-refractivity contribution is 7.92. The number of carboxylic acid groups (broad SMARTS) is 1. The Bertz CT molecular complexity index is 894. The monoisotopic (exact) mass is 395 g/mol. The van der Waals surface area contributed by atoms with Crippen molar-refractivity contribution < 1.29 is 32.5 Å². The number of carbonyl (C=O) groups is 1. The van der Waals surface area contributed by atoms with Gasteiger partial charge < -0.3 is 19.3 Å². The quantitative estimate of drug-likeness (QED) is 0.695. The van der Waals surface area contributed by atoms with E-state index >= 15 is 0 Å². The van der Waals surface area contributed by atoms with E-state index in [1.165, 1.54) is 50.6 Å². The van der Waals surface area contributed by atoms with Crippen LogP contribution in [0.2, 0.25) is 0 Å². The third-order valence-corrected chi connectivity index (χ3v) is 5.43. The van der Waals surface area contributed by atoms with Crippen LogP contribution in [0.3, 0.4) is 0 Å². The highest BCUT2D eigenvalue weighted by atomic mass is 32.2. The molecule has 0 aliphatic heterocycles. The summed E-state index contributed by atoms with van der Waals surface area (Å²) in [5.74, 6) is -0.232. The van der Waals surface area contributed by atoms with Gasteiger partial charge >= 0.3 is 5.97 Å². The zero-order chi connectivity index (χ0) is 20.0. The first-order valence-corrected chi connectivity index (χ1v) is 9.47. The summed E-state index contributed by atoms with van der Waals surface area (Å²) in [7, 11) is -1.38. The van der Waals surface area contributed by atoms with Gasteiger partial charge in [-0.2, -0.15) is 0 Å². The number of carboxylic acids is 1. The van der Waals surface area contributed by atoms with E-state index in [9.17, 15) is 18.3 Å². The minimum atomic E-state index is -4.18. The second kappa shape index (κ2) is 8.63. The predicted molar refractivity (Wildman–Crippen MR) is 99.3 cm³/mol. The fourth-order valence-corrected chi connectivity index (χ4v) is 3.83. The molecule has 2 rings (SSSR count). The van der Waals surface area contributed by atoms with E-state index in [-0.39, 0.29) is 16.3 Å². The lowest BCUT2D eigenvalue weighted by Crippen LogP contribution is -2.36. The molecule has 8 nitrogen and oxygen atoms in total. The van der Waals surface area contributed by atoms with Gasteiger partial charge in [0.05, 0.1) is 31.4 Å². The minimum absolute atomic E-state index is 0.0631. The van der Waals surface area contributed by atoms with Crippen molar-refractivity contribution in [1.82, 2.24) is 0 Å². The van der Waals surface area contributed by atoms with Gasteiger partial charge in [0.2, 0.25) is 0 Å². The van der Waals surface area contributed by atoms with E-state index in [2.05, 4.69) is 0 Å². The van der Waals surface area contributed by atoms with Gasteiger partial charge in [-0.05, 0) is 43.3 Å². The van der Waals surface area contributed by atoms with Crippen LogP contribution in [-0.4, -0.2) is 46.9 Å². The van der Waals surface area contributed by atoms with Crippen molar-refractivity contribution >= 4 is 21.7 Å². The normalized spacial score (nSPS) is 10.9. The molecule has 146 valence electrons. The van der Waals surface area contributed by atoms with Crippen LogP contribution in [0.15, 0.2) is 47.4 Å². The van der Waals surface area contributed by atoms with E-state index in [0.29, 0.717) is 18.1 Å². The number of methoxy groups -OCH3 is 2. The second-order valence-corrected chi connectivity index (χ2v) is 7.21. The maximum absolute atomic E-state index is 13.1. The first-order chi connectivity index (χ1) is 12.8. The van der Waals surface area contributed by atoms with Gasteiger partial charge in [-0.25, -0.2) is 8.42 Å². The minimum Gasteiger partial charge on any atom is -0.497 e. The van der Waals surface area contributed by atoms with Gasteiger partial charge in [-0.3, -0.25) is 9.10 Å². The maximum Gasteiger partial charge on any atom is 0.324 e. The number of aliphatic carboxylic acids is 1. The molecule has 0 spiro atoms. The Morgan fingerprint density at radius 1 is 1.04 bits per heavy atom. The number of benzene rings is 2. The average Bonchev–Trinajstić information content (AvgIpc) is 2.66.